The molecule has 8 heteroatoms. The van der Waals surface area contributed by atoms with Gasteiger partial charge in [-0.3, -0.25) is 14.4 Å². The van der Waals surface area contributed by atoms with Crippen LogP contribution in [0.2, 0.25) is 0 Å². The van der Waals surface area contributed by atoms with Crippen LogP contribution in [0.15, 0.2) is 29.1 Å². The number of benzene rings is 1. The molecule has 0 saturated carbocycles. The van der Waals surface area contributed by atoms with E-state index in [1.807, 2.05) is 0 Å². The second-order valence-electron chi connectivity index (χ2n) is 6.08. The number of nitrogens with one attached hydrogen (secondary N) is 2. The van der Waals surface area contributed by atoms with Gasteiger partial charge in [-0.05, 0) is 12.1 Å². The topological polar surface area (TPSA) is 104 Å². The number of aromatic nitrogens is 2. The van der Waals surface area contributed by atoms with Gasteiger partial charge in [0.2, 0.25) is 5.91 Å². The molecule has 124 valence electrons. The normalized spacial score (nSPS) is 23.7. The zero-order valence-electron chi connectivity index (χ0n) is 12.8. The van der Waals surface area contributed by atoms with Crippen LogP contribution >= 0.6 is 0 Å². The van der Waals surface area contributed by atoms with Gasteiger partial charge in [0.25, 0.3) is 11.5 Å². The Morgan fingerprint density at radius 3 is 2.92 bits per heavy atom. The first-order valence-electron chi connectivity index (χ1n) is 7.78. The van der Waals surface area contributed by atoms with Crippen molar-refractivity contribution in [3.05, 3.63) is 40.4 Å². The average Bonchev–Trinajstić information content (AvgIpc) is 2.82. The predicted octanol–water partition coefficient (Wildman–Crippen LogP) is -0.490. The van der Waals surface area contributed by atoms with Gasteiger partial charge in [0.05, 0.1) is 36.1 Å². The summed E-state index contributed by atoms with van der Waals surface area (Å²) in [5, 5.41) is 3.31. The van der Waals surface area contributed by atoms with E-state index in [4.69, 9.17) is 4.74 Å². The van der Waals surface area contributed by atoms with Gasteiger partial charge in [-0.25, -0.2) is 4.98 Å². The molecular weight excluding hydrogens is 312 g/mol. The fraction of sp³-hybridized carbons (Fsp3) is 0.375. The summed E-state index contributed by atoms with van der Waals surface area (Å²) >= 11 is 0. The van der Waals surface area contributed by atoms with Gasteiger partial charge >= 0.3 is 0 Å². The summed E-state index contributed by atoms with van der Waals surface area (Å²) in [6.07, 6.45) is 0. The lowest BCUT2D eigenvalue weighted by atomic mass is 10.1. The number of nitrogens with zero attached hydrogens (tertiary/aromatic N) is 2. The minimum absolute atomic E-state index is 0.00737. The largest absolute Gasteiger partial charge is 0.378 e. The van der Waals surface area contributed by atoms with E-state index in [1.54, 1.807) is 29.2 Å². The SMILES string of the molecule is O=C1N[C@@H]2COC[C@H]1CN(C(=O)c1nc3ccccc3c(=O)[nH]1)C2. The van der Waals surface area contributed by atoms with Crippen molar-refractivity contribution in [3.8, 4) is 0 Å². The number of hydrogen-bond donors (Lipinski definition) is 2. The van der Waals surface area contributed by atoms with E-state index >= 15 is 0 Å². The van der Waals surface area contributed by atoms with Crippen molar-refractivity contribution in [2.24, 2.45) is 5.92 Å². The Hall–Kier alpha value is -2.74. The molecule has 2 amide bonds. The van der Waals surface area contributed by atoms with Crippen LogP contribution < -0.4 is 10.9 Å². The predicted molar refractivity (Wildman–Crippen MR) is 84.5 cm³/mol. The molecule has 2 aliphatic heterocycles. The lowest BCUT2D eigenvalue weighted by Crippen LogP contribution is -2.45. The molecule has 2 saturated heterocycles. The molecule has 1 aromatic heterocycles. The van der Waals surface area contributed by atoms with E-state index in [1.165, 1.54) is 0 Å². The highest BCUT2D eigenvalue weighted by Gasteiger charge is 2.35. The molecule has 2 fully saturated rings. The summed E-state index contributed by atoms with van der Waals surface area (Å²) in [6.45, 7) is 1.23. The Morgan fingerprint density at radius 1 is 1.21 bits per heavy atom. The first-order valence-corrected chi connectivity index (χ1v) is 7.78. The molecule has 0 radical (unpaired) electrons. The van der Waals surface area contributed by atoms with Crippen LogP contribution in [0.5, 0.6) is 0 Å². The Morgan fingerprint density at radius 2 is 2.04 bits per heavy atom. The molecule has 2 aliphatic rings. The fourth-order valence-electron chi connectivity index (χ4n) is 3.13. The Balaban J connectivity index is 1.68. The monoisotopic (exact) mass is 328 g/mol. The number of para-hydroxylation sites is 1. The summed E-state index contributed by atoms with van der Waals surface area (Å²) in [5.41, 5.74) is 0.119. The number of carbonyl (C=O) groups is 2. The Bertz CT molecular complexity index is 878. The highest BCUT2D eigenvalue weighted by atomic mass is 16.5. The van der Waals surface area contributed by atoms with Crippen molar-refractivity contribution in [1.29, 1.82) is 0 Å². The van der Waals surface area contributed by atoms with Crippen LogP contribution in [-0.4, -0.2) is 59.0 Å². The minimum atomic E-state index is -0.409. The van der Waals surface area contributed by atoms with Gasteiger partial charge < -0.3 is 19.9 Å². The van der Waals surface area contributed by atoms with Crippen molar-refractivity contribution in [2.45, 2.75) is 6.04 Å². The number of ether oxygens (including phenoxy) is 1. The van der Waals surface area contributed by atoms with Crippen LogP contribution in [0, 0.1) is 5.92 Å². The molecule has 0 unspecified atom stereocenters. The highest BCUT2D eigenvalue weighted by molar-refractivity contribution is 5.93. The quantitative estimate of drug-likeness (QED) is 0.735. The zero-order valence-corrected chi connectivity index (χ0v) is 12.8. The maximum absolute atomic E-state index is 12.8. The second-order valence-corrected chi connectivity index (χ2v) is 6.08. The van der Waals surface area contributed by atoms with Crippen molar-refractivity contribution < 1.29 is 14.3 Å². The maximum Gasteiger partial charge on any atom is 0.289 e. The Labute approximate surface area is 136 Å². The third kappa shape index (κ3) is 2.54. The minimum Gasteiger partial charge on any atom is -0.378 e. The van der Waals surface area contributed by atoms with E-state index in [-0.39, 0.29) is 42.4 Å². The molecule has 3 heterocycles. The molecule has 2 atom stereocenters. The molecule has 2 aromatic rings. The van der Waals surface area contributed by atoms with Crippen molar-refractivity contribution >= 4 is 22.7 Å². The van der Waals surface area contributed by atoms with Gasteiger partial charge in [-0.2, -0.15) is 0 Å². The van der Waals surface area contributed by atoms with E-state index < -0.39 is 5.92 Å². The third-order valence-electron chi connectivity index (χ3n) is 4.34. The first kappa shape index (κ1) is 14.8. The van der Waals surface area contributed by atoms with Gasteiger partial charge in [-0.15, -0.1) is 0 Å². The summed E-state index contributed by atoms with van der Waals surface area (Å²) in [7, 11) is 0. The summed E-state index contributed by atoms with van der Waals surface area (Å²) in [5.74, 6) is -0.903. The van der Waals surface area contributed by atoms with E-state index in [2.05, 4.69) is 15.3 Å². The van der Waals surface area contributed by atoms with E-state index in [9.17, 15) is 14.4 Å². The first-order chi connectivity index (χ1) is 11.6. The number of fused-ring (bicyclic) bond motifs is 4. The van der Waals surface area contributed by atoms with Crippen molar-refractivity contribution in [1.82, 2.24) is 20.2 Å². The molecule has 24 heavy (non-hydrogen) atoms. The number of amides is 2. The average molecular weight is 328 g/mol. The molecule has 0 aliphatic carbocycles. The van der Waals surface area contributed by atoms with E-state index in [0.717, 1.165) is 0 Å². The van der Waals surface area contributed by atoms with Crippen LogP contribution in [0.1, 0.15) is 10.6 Å². The number of hydrogen-bond acceptors (Lipinski definition) is 5. The molecule has 2 bridgehead atoms. The van der Waals surface area contributed by atoms with Gasteiger partial charge in [-0.1, -0.05) is 12.1 Å². The van der Waals surface area contributed by atoms with Crippen molar-refractivity contribution in [3.63, 3.8) is 0 Å². The second kappa shape index (κ2) is 5.72. The smallest absolute Gasteiger partial charge is 0.289 e. The lowest BCUT2D eigenvalue weighted by Gasteiger charge is -2.27. The summed E-state index contributed by atoms with van der Waals surface area (Å²) in [4.78, 5) is 45.4. The number of rotatable bonds is 1. The van der Waals surface area contributed by atoms with Crippen LogP contribution in [0.4, 0.5) is 0 Å². The summed E-state index contributed by atoms with van der Waals surface area (Å²) < 4.78 is 5.45. The lowest BCUT2D eigenvalue weighted by molar-refractivity contribution is -0.125. The molecule has 0 spiro atoms. The number of carbonyl (C=O) groups excluding carboxylic acids is 2. The van der Waals surface area contributed by atoms with Gasteiger partial charge in [0.15, 0.2) is 5.82 Å². The van der Waals surface area contributed by atoms with Crippen LogP contribution in [0.25, 0.3) is 10.9 Å². The Kier molecular flexibility index (Phi) is 3.53. The zero-order chi connectivity index (χ0) is 16.7. The highest BCUT2D eigenvalue weighted by Crippen LogP contribution is 2.15. The van der Waals surface area contributed by atoms with Crippen molar-refractivity contribution in [2.75, 3.05) is 26.3 Å². The molecule has 8 nitrogen and oxygen atoms in total. The van der Waals surface area contributed by atoms with Gasteiger partial charge in [0, 0.05) is 13.1 Å². The molecule has 2 N–H and O–H groups in total. The van der Waals surface area contributed by atoms with Gasteiger partial charge in [0.1, 0.15) is 0 Å². The third-order valence-corrected chi connectivity index (χ3v) is 4.34. The fourth-order valence-corrected chi connectivity index (χ4v) is 3.13. The number of H-pyrrole nitrogens is 1. The molecule has 1 aromatic carbocycles. The van der Waals surface area contributed by atoms with Crippen LogP contribution in [0.3, 0.4) is 0 Å². The molecular formula is C16H16N4O4. The standard InChI is InChI=1S/C16H16N4O4/c21-14-9-5-20(6-10(17-14)8-24-7-9)16(23)13-18-12-4-2-1-3-11(12)15(22)19-13/h1-4,9-10H,5-8H2,(H,17,21)(H,18,19,22)/t9-,10+/m1/s1. The summed E-state index contributed by atoms with van der Waals surface area (Å²) in [6, 6.07) is 6.61. The van der Waals surface area contributed by atoms with Crippen LogP contribution in [-0.2, 0) is 9.53 Å². The number of aromatic amines is 1. The molecule has 4 rings (SSSR count). The maximum atomic E-state index is 12.8. The van der Waals surface area contributed by atoms with E-state index in [0.29, 0.717) is 24.1 Å².